The van der Waals surface area contributed by atoms with Gasteiger partial charge in [-0.05, 0) is 69.1 Å². The maximum atomic E-state index is 12.7. The molecule has 3 heterocycles. The van der Waals surface area contributed by atoms with E-state index in [9.17, 15) is 9.59 Å². The van der Waals surface area contributed by atoms with Crippen LogP contribution in [-0.2, 0) is 16.1 Å². The highest BCUT2D eigenvalue weighted by molar-refractivity contribution is 8.01. The number of thiazole rings is 1. The third-order valence-electron chi connectivity index (χ3n) is 7.40. The first-order valence-electron chi connectivity index (χ1n) is 13.5. The summed E-state index contributed by atoms with van der Waals surface area (Å²) in [4.78, 5) is 34.5. The second-order valence-electron chi connectivity index (χ2n) is 10.4. The predicted octanol–water partition coefficient (Wildman–Crippen LogP) is 6.02. The van der Waals surface area contributed by atoms with Gasteiger partial charge in [-0.2, -0.15) is 0 Å². The van der Waals surface area contributed by atoms with E-state index in [1.54, 1.807) is 0 Å². The molecule has 3 aromatic rings. The molecule has 2 N–H and O–H groups in total. The molecule has 0 unspecified atom stereocenters. The molecule has 0 radical (unpaired) electrons. The number of benzene rings is 2. The Hall–Kier alpha value is -2.14. The molecule has 2 fully saturated rings. The molecule has 0 bridgehead atoms. The smallest absolute Gasteiger partial charge is 0.241 e. The Morgan fingerprint density at radius 3 is 2.65 bits per heavy atom. The second kappa shape index (κ2) is 13.7. The van der Waals surface area contributed by atoms with Crippen LogP contribution < -0.4 is 10.6 Å². The maximum Gasteiger partial charge on any atom is 0.241 e. The number of hydrogen-bond acceptors (Lipinski definition) is 7. The molecule has 11 heteroatoms. The van der Waals surface area contributed by atoms with Crippen molar-refractivity contribution in [2.45, 2.75) is 48.7 Å². The van der Waals surface area contributed by atoms with Gasteiger partial charge in [0.2, 0.25) is 11.8 Å². The van der Waals surface area contributed by atoms with Crippen molar-refractivity contribution in [3.63, 3.8) is 0 Å². The van der Waals surface area contributed by atoms with E-state index in [1.165, 1.54) is 23.1 Å². The summed E-state index contributed by atoms with van der Waals surface area (Å²) in [6, 6.07) is 13.7. The highest BCUT2D eigenvalue weighted by atomic mass is 35.5. The minimum absolute atomic E-state index is 0.0336. The minimum Gasteiger partial charge on any atom is -0.353 e. The van der Waals surface area contributed by atoms with Gasteiger partial charge in [0.05, 0.1) is 27.5 Å². The number of likely N-dealkylation sites (tertiary alicyclic amines) is 2. The fraction of sp³-hybridized carbons (Fsp3) is 0.414. The van der Waals surface area contributed by atoms with Gasteiger partial charge in [-0.3, -0.25) is 19.4 Å². The van der Waals surface area contributed by atoms with Gasteiger partial charge in [-0.1, -0.05) is 53.2 Å². The molecule has 40 heavy (non-hydrogen) atoms. The zero-order chi connectivity index (χ0) is 28.1. The summed E-state index contributed by atoms with van der Waals surface area (Å²) in [7, 11) is 1.99. The Balaban J connectivity index is 1.06. The van der Waals surface area contributed by atoms with Crippen molar-refractivity contribution in [3.05, 3.63) is 63.5 Å². The topological polar surface area (TPSA) is 77.6 Å². The molecule has 2 amide bonds. The fourth-order valence-electron chi connectivity index (χ4n) is 5.21. The molecule has 2 aromatic carbocycles. The number of amides is 2. The average molecular weight is 619 g/mol. The van der Waals surface area contributed by atoms with Crippen LogP contribution in [0.15, 0.2) is 52.2 Å². The number of halogens is 2. The predicted molar refractivity (Wildman–Crippen MR) is 165 cm³/mol. The zero-order valence-electron chi connectivity index (χ0n) is 22.4. The van der Waals surface area contributed by atoms with Crippen LogP contribution in [-0.4, -0.2) is 71.1 Å². The molecule has 5 rings (SSSR count). The van der Waals surface area contributed by atoms with Gasteiger partial charge in [0.1, 0.15) is 0 Å². The van der Waals surface area contributed by atoms with E-state index >= 15 is 0 Å². The Kier molecular flexibility index (Phi) is 10.0. The van der Waals surface area contributed by atoms with Crippen molar-refractivity contribution in [1.82, 2.24) is 20.1 Å². The van der Waals surface area contributed by atoms with E-state index in [2.05, 4.69) is 20.4 Å². The average Bonchev–Trinajstić information content (AvgIpc) is 3.60. The lowest BCUT2D eigenvalue weighted by molar-refractivity contribution is -0.120. The molecule has 0 aliphatic carbocycles. The molecule has 1 atom stereocenters. The van der Waals surface area contributed by atoms with Crippen LogP contribution in [0.4, 0.5) is 5.69 Å². The standard InChI is InChI=1S/C29H33Cl2N5O2S2/c1-35-11-3-6-26(35)28(38)33-22-5-2-4-20(15-22)25-17-39-29(34-25)40-18-27(37)32-21-9-12-36(13-10-21)16-19-7-8-23(30)24(31)14-19/h2,4-5,7-8,14-15,17,21,26H,3,6,9-13,16,18H2,1H3,(H,32,37)(H,33,38)/t26-/m0/s1. The van der Waals surface area contributed by atoms with Gasteiger partial charge in [-0.15, -0.1) is 11.3 Å². The molecule has 7 nitrogen and oxygen atoms in total. The Labute approximate surface area is 253 Å². The lowest BCUT2D eigenvalue weighted by atomic mass is 10.0. The number of aromatic nitrogens is 1. The zero-order valence-corrected chi connectivity index (χ0v) is 25.5. The summed E-state index contributed by atoms with van der Waals surface area (Å²) in [5.74, 6) is 0.405. The van der Waals surface area contributed by atoms with Gasteiger partial charge in [0.25, 0.3) is 0 Å². The number of carbonyl (C=O) groups is 2. The number of likely N-dealkylation sites (N-methyl/N-ethyl adjacent to an activating group) is 1. The number of piperidine rings is 1. The monoisotopic (exact) mass is 617 g/mol. The number of hydrogen-bond donors (Lipinski definition) is 2. The Morgan fingerprint density at radius 1 is 1.07 bits per heavy atom. The lowest BCUT2D eigenvalue weighted by Crippen LogP contribution is -2.44. The van der Waals surface area contributed by atoms with Crippen molar-refractivity contribution in [2.24, 2.45) is 0 Å². The second-order valence-corrected chi connectivity index (χ2v) is 13.3. The number of rotatable bonds is 9. The van der Waals surface area contributed by atoms with Crippen LogP contribution >= 0.6 is 46.3 Å². The van der Waals surface area contributed by atoms with Gasteiger partial charge in [-0.25, -0.2) is 4.98 Å². The summed E-state index contributed by atoms with van der Waals surface area (Å²) >= 11 is 15.2. The first-order chi connectivity index (χ1) is 19.3. The van der Waals surface area contributed by atoms with Crippen LogP contribution in [0, 0.1) is 0 Å². The molecule has 2 aliphatic rings. The Bertz CT molecular complexity index is 1350. The number of thioether (sulfide) groups is 1. The number of nitrogens with zero attached hydrogens (tertiary/aromatic N) is 3. The van der Waals surface area contributed by atoms with Crippen molar-refractivity contribution in [1.29, 1.82) is 0 Å². The number of carbonyl (C=O) groups excluding carboxylic acids is 2. The molecule has 212 valence electrons. The maximum absolute atomic E-state index is 12.7. The van der Waals surface area contributed by atoms with Crippen molar-refractivity contribution < 1.29 is 9.59 Å². The van der Waals surface area contributed by atoms with Crippen molar-refractivity contribution >= 4 is 63.8 Å². The van der Waals surface area contributed by atoms with Crippen LogP contribution in [0.1, 0.15) is 31.2 Å². The highest BCUT2D eigenvalue weighted by Gasteiger charge is 2.27. The summed E-state index contributed by atoms with van der Waals surface area (Å²) in [5.41, 5.74) is 3.70. The van der Waals surface area contributed by atoms with Crippen LogP contribution in [0.2, 0.25) is 10.0 Å². The van der Waals surface area contributed by atoms with E-state index < -0.39 is 0 Å². The summed E-state index contributed by atoms with van der Waals surface area (Å²) in [6.45, 7) is 3.62. The third-order valence-corrected chi connectivity index (χ3v) is 10.2. The molecule has 2 aliphatic heterocycles. The number of anilines is 1. The van der Waals surface area contributed by atoms with Crippen LogP contribution in [0.3, 0.4) is 0 Å². The summed E-state index contributed by atoms with van der Waals surface area (Å²) < 4.78 is 0.851. The first-order valence-corrected chi connectivity index (χ1v) is 16.1. The third kappa shape index (κ3) is 7.78. The fourth-order valence-corrected chi connectivity index (χ4v) is 7.17. The summed E-state index contributed by atoms with van der Waals surface area (Å²) in [5, 5.41) is 9.39. The van der Waals surface area contributed by atoms with E-state index in [0.29, 0.717) is 15.8 Å². The SMILES string of the molecule is CN1CCC[C@H]1C(=O)Nc1cccc(-c2csc(SCC(=O)NC3CCN(Cc4ccc(Cl)c(Cl)c4)CC3)n2)c1. The summed E-state index contributed by atoms with van der Waals surface area (Å²) in [6.07, 6.45) is 3.78. The molecular weight excluding hydrogens is 585 g/mol. The first kappa shape index (κ1) is 29.4. The minimum atomic E-state index is -0.0707. The van der Waals surface area contributed by atoms with E-state index in [-0.39, 0.29) is 23.9 Å². The van der Waals surface area contributed by atoms with Gasteiger partial charge in [0, 0.05) is 42.3 Å². The Morgan fingerprint density at radius 2 is 1.90 bits per heavy atom. The van der Waals surface area contributed by atoms with Crippen molar-refractivity contribution in [3.8, 4) is 11.3 Å². The van der Waals surface area contributed by atoms with E-state index in [4.69, 9.17) is 28.2 Å². The molecule has 0 saturated carbocycles. The molecule has 1 aromatic heterocycles. The van der Waals surface area contributed by atoms with E-state index in [0.717, 1.165) is 78.7 Å². The highest BCUT2D eigenvalue weighted by Crippen LogP contribution is 2.30. The van der Waals surface area contributed by atoms with Gasteiger partial charge < -0.3 is 10.6 Å². The van der Waals surface area contributed by atoms with Crippen LogP contribution in [0.5, 0.6) is 0 Å². The normalized spacial score (nSPS) is 18.6. The molecule has 0 spiro atoms. The van der Waals surface area contributed by atoms with Gasteiger partial charge in [0.15, 0.2) is 4.34 Å². The lowest BCUT2D eigenvalue weighted by Gasteiger charge is -2.32. The number of nitrogens with one attached hydrogen (secondary N) is 2. The quantitative estimate of drug-likeness (QED) is 0.286. The largest absolute Gasteiger partial charge is 0.353 e. The molecule has 2 saturated heterocycles. The van der Waals surface area contributed by atoms with Crippen molar-refractivity contribution in [2.75, 3.05) is 37.8 Å². The molecular formula is C29H33Cl2N5O2S2. The van der Waals surface area contributed by atoms with Gasteiger partial charge >= 0.3 is 0 Å². The van der Waals surface area contributed by atoms with Crippen LogP contribution in [0.25, 0.3) is 11.3 Å². The van der Waals surface area contributed by atoms with E-state index in [1.807, 2.05) is 54.9 Å².